The maximum atomic E-state index is 14.3. The molecule has 6 aliphatic rings. The fourth-order valence-corrected chi connectivity index (χ4v) is 11.5. The van der Waals surface area contributed by atoms with Gasteiger partial charge < -0.3 is 43.4 Å². The molecule has 3 N–H and O–H groups in total. The average Bonchev–Trinajstić information content (AvgIpc) is 3.77. The van der Waals surface area contributed by atoms with Crippen LogP contribution in [-0.4, -0.2) is 179 Å². The molecule has 0 aromatic heterocycles. The molecule has 6 bridgehead atoms. The van der Waals surface area contributed by atoms with Crippen molar-refractivity contribution >= 4 is 92.6 Å². The summed E-state index contributed by atoms with van der Waals surface area (Å²) in [6.07, 6.45) is -1.82. The summed E-state index contributed by atoms with van der Waals surface area (Å²) >= 11 is 7.68. The number of likely N-dealkylation sites (tertiary alicyclic amines) is 1. The van der Waals surface area contributed by atoms with Gasteiger partial charge >= 0.3 is 18.0 Å². The van der Waals surface area contributed by atoms with Crippen molar-refractivity contribution < 1.29 is 89.7 Å². The number of nitrogens with zero attached hydrogens (tertiary/aromatic N) is 4. The van der Waals surface area contributed by atoms with Gasteiger partial charge in [0, 0.05) is 72.0 Å². The van der Waals surface area contributed by atoms with Crippen molar-refractivity contribution in [2.45, 2.75) is 137 Å². The van der Waals surface area contributed by atoms with Crippen LogP contribution in [0.1, 0.15) is 84.6 Å². The minimum absolute atomic E-state index is 0.0364. The number of aliphatic hydroxyl groups is 1. The third kappa shape index (κ3) is 12.7. The number of likely N-dealkylation sites (N-methyl/N-ethyl adjacent to an activating group) is 1. The SMILES string of the molecule is COc1cc2cc(c1Cl)N(C)C(=O)CC(OC(=O)C(C)N(C)C(=O)CCSC1CC(=O)N(CC(CC(=O)ON3C(=O)CCC3=O)S(=O)(=O)O)C1=O)C1(C)CC(C)(O1)C1CC(O)(NC(=O)O1)C(OC)/C=C/C=C(\C)C2. The summed E-state index contributed by atoms with van der Waals surface area (Å²) in [6, 6.07) is 2.18. The summed E-state index contributed by atoms with van der Waals surface area (Å²) in [5.74, 6) is -6.63. The monoisotopic (exact) mass is 1100 g/mol. The van der Waals surface area contributed by atoms with Gasteiger partial charge in [-0.1, -0.05) is 35.4 Å². The molecule has 0 saturated carbocycles. The second-order valence-corrected chi connectivity index (χ2v) is 22.6. The van der Waals surface area contributed by atoms with Gasteiger partial charge in [0.05, 0.1) is 30.9 Å². The largest absolute Gasteiger partial charge is 0.495 e. The first-order valence-corrected chi connectivity index (χ1v) is 26.3. The number of hydrogen-bond acceptors (Lipinski definition) is 19. The first-order valence-electron chi connectivity index (χ1n) is 23.4. The van der Waals surface area contributed by atoms with Crippen LogP contribution < -0.4 is 15.0 Å². The highest BCUT2D eigenvalue weighted by Gasteiger charge is 2.63. The van der Waals surface area contributed by atoms with E-state index in [1.807, 2.05) is 6.92 Å². The van der Waals surface area contributed by atoms with E-state index in [9.17, 15) is 61.2 Å². The van der Waals surface area contributed by atoms with Crippen molar-refractivity contribution in [1.82, 2.24) is 20.2 Å². The van der Waals surface area contributed by atoms with Crippen LogP contribution in [0.15, 0.2) is 35.9 Å². The predicted molar refractivity (Wildman–Crippen MR) is 260 cm³/mol. The molecule has 74 heavy (non-hydrogen) atoms. The Morgan fingerprint density at radius 1 is 1.03 bits per heavy atom. The van der Waals surface area contributed by atoms with Crippen LogP contribution in [0.3, 0.4) is 0 Å². The zero-order chi connectivity index (χ0) is 54.8. The van der Waals surface area contributed by atoms with E-state index in [0.29, 0.717) is 17.0 Å². The molecule has 9 atom stereocenters. The first kappa shape index (κ1) is 57.6. The van der Waals surface area contributed by atoms with E-state index in [1.54, 1.807) is 44.2 Å². The van der Waals surface area contributed by atoms with E-state index >= 15 is 0 Å². The number of ether oxygens (including phenoxy) is 5. The number of anilines is 1. The number of methoxy groups -OCH3 is 2. The van der Waals surface area contributed by atoms with Gasteiger partial charge in [0.1, 0.15) is 51.6 Å². The Hall–Kier alpha value is -5.64. The Morgan fingerprint density at radius 3 is 2.31 bits per heavy atom. The second-order valence-electron chi connectivity index (χ2n) is 19.2. The molecular weight excluding hydrogens is 1040 g/mol. The number of benzene rings is 1. The number of alkyl carbamates (subject to hydrolysis) is 1. The molecular formula is C47H60ClN5O19S2. The van der Waals surface area contributed by atoms with Crippen molar-refractivity contribution in [2.75, 3.05) is 45.5 Å². The van der Waals surface area contributed by atoms with Gasteiger partial charge in [0.25, 0.3) is 21.9 Å². The van der Waals surface area contributed by atoms with Crippen LogP contribution in [0.2, 0.25) is 5.02 Å². The van der Waals surface area contributed by atoms with Crippen LogP contribution in [0.25, 0.3) is 0 Å². The molecule has 4 fully saturated rings. The van der Waals surface area contributed by atoms with Gasteiger partial charge in [-0.05, 0) is 51.8 Å². The van der Waals surface area contributed by atoms with Gasteiger partial charge in [-0.25, -0.2) is 14.4 Å². The van der Waals surface area contributed by atoms with E-state index in [2.05, 4.69) is 10.2 Å². The van der Waals surface area contributed by atoms with Crippen LogP contribution in [0, 0.1) is 0 Å². The zero-order valence-electron chi connectivity index (χ0n) is 41.9. The van der Waals surface area contributed by atoms with Crippen molar-refractivity contribution in [1.29, 1.82) is 0 Å². The molecule has 27 heteroatoms. The molecule has 1 aromatic carbocycles. The molecule has 6 aliphatic heterocycles. The summed E-state index contributed by atoms with van der Waals surface area (Å²) in [5, 5.41) is 11.5. The Labute approximate surface area is 436 Å². The van der Waals surface area contributed by atoms with E-state index < -0.39 is 141 Å². The number of thioether (sulfide) groups is 1. The lowest BCUT2D eigenvalue weighted by molar-refractivity contribution is -0.328. The van der Waals surface area contributed by atoms with E-state index in [-0.39, 0.29) is 53.7 Å². The molecule has 7 amide bonds. The highest BCUT2D eigenvalue weighted by molar-refractivity contribution is 8.00. The second kappa shape index (κ2) is 22.7. The zero-order valence-corrected chi connectivity index (χ0v) is 44.3. The predicted octanol–water partition coefficient (Wildman–Crippen LogP) is 2.16. The molecule has 0 aliphatic carbocycles. The minimum Gasteiger partial charge on any atom is -0.495 e. The van der Waals surface area contributed by atoms with E-state index in [4.69, 9.17) is 35.3 Å². The number of halogens is 1. The topological polar surface area (TPSA) is 309 Å². The number of hydroxylamine groups is 2. The fraction of sp³-hybridized carbons (Fsp3) is 0.596. The molecule has 406 valence electrons. The fourth-order valence-electron chi connectivity index (χ4n) is 9.40. The number of esters is 1. The lowest BCUT2D eigenvalue weighted by Gasteiger charge is -2.59. The van der Waals surface area contributed by atoms with E-state index in [0.717, 1.165) is 27.8 Å². The van der Waals surface area contributed by atoms with Crippen molar-refractivity contribution in [3.63, 3.8) is 0 Å². The number of hydrogen-bond donors (Lipinski definition) is 3. The standard InChI is InChI=1S/C47H60ClN5O19S2/c1-25-10-9-11-32(68-8)47(63)22-34(70-44(62)49-47)46(4)24-45(3,72-46)33(21-38(57)51(6)29-17-27(16-25)18-30(67-7)41(29)48)69-43(61)26(2)50(5)35(54)14-15-73-31-20-39(58)52(42(31)60)23-28(74(64,65)66)19-40(59)71-53-36(55)12-13-37(53)56/h9-11,17-18,26,28,31-34,63H,12-16,19-24H2,1-8H3,(H,49,62)(H,64,65,66)/b11-9+,25-10+. The lowest BCUT2D eigenvalue weighted by Crippen LogP contribution is -2.72. The summed E-state index contributed by atoms with van der Waals surface area (Å²) in [7, 11) is 0.545. The number of carbonyl (C=O) groups excluding carboxylic acids is 9. The summed E-state index contributed by atoms with van der Waals surface area (Å²) in [6.45, 7) is 5.56. The van der Waals surface area contributed by atoms with Gasteiger partial charge in [0.2, 0.25) is 23.6 Å². The molecule has 0 spiro atoms. The lowest BCUT2D eigenvalue weighted by atomic mass is 9.72. The number of allylic oxidation sites excluding steroid dienone is 3. The normalized spacial score (nSPS) is 29.6. The Kier molecular flexibility index (Phi) is 17.7. The molecule has 1 aromatic rings. The van der Waals surface area contributed by atoms with Crippen molar-refractivity contribution in [2.24, 2.45) is 0 Å². The maximum Gasteiger partial charge on any atom is 0.409 e. The maximum absolute atomic E-state index is 14.3. The quantitative estimate of drug-likeness (QED) is 0.129. The van der Waals surface area contributed by atoms with Crippen LogP contribution >= 0.6 is 23.4 Å². The van der Waals surface area contributed by atoms with Gasteiger partial charge in [-0.15, -0.1) is 16.8 Å². The summed E-state index contributed by atoms with van der Waals surface area (Å²) < 4.78 is 63.7. The summed E-state index contributed by atoms with van der Waals surface area (Å²) in [5.41, 5.74) is -2.78. The highest BCUT2D eigenvalue weighted by atomic mass is 35.5. The van der Waals surface area contributed by atoms with E-state index in [1.165, 1.54) is 40.1 Å². The molecule has 7 rings (SSSR count). The average molecular weight is 1100 g/mol. The van der Waals surface area contributed by atoms with Crippen LogP contribution in [0.5, 0.6) is 5.75 Å². The van der Waals surface area contributed by atoms with Crippen molar-refractivity contribution in [3.8, 4) is 5.75 Å². The number of fused-ring (bicyclic) bond motifs is 6. The summed E-state index contributed by atoms with van der Waals surface area (Å²) in [4.78, 5) is 125. The molecule has 24 nitrogen and oxygen atoms in total. The number of nitrogens with one attached hydrogen (secondary N) is 1. The van der Waals surface area contributed by atoms with Gasteiger partial charge in [-0.2, -0.15) is 8.42 Å². The molecule has 0 radical (unpaired) electrons. The highest BCUT2D eigenvalue weighted by Crippen LogP contribution is 2.50. The third-order valence-corrected chi connectivity index (χ3v) is 16.4. The smallest absolute Gasteiger partial charge is 0.409 e. The minimum atomic E-state index is -5.09. The third-order valence-electron chi connectivity index (χ3n) is 13.7. The van der Waals surface area contributed by atoms with Gasteiger partial charge in [0.15, 0.2) is 5.72 Å². The van der Waals surface area contributed by atoms with Crippen molar-refractivity contribution in [3.05, 3.63) is 46.5 Å². The Morgan fingerprint density at radius 2 is 1.69 bits per heavy atom. The molecule has 4 saturated heterocycles. The van der Waals surface area contributed by atoms with Gasteiger partial charge in [-0.3, -0.25) is 43.5 Å². The van der Waals surface area contributed by atoms with Crippen LogP contribution in [-0.2, 0) is 78.7 Å². The number of rotatable bonds is 15. The first-order chi connectivity index (χ1) is 34.5. The molecule has 9 unspecified atom stereocenters. The Balaban J connectivity index is 1.14. The number of carbonyl (C=O) groups is 9. The molecule has 6 heterocycles. The van der Waals surface area contributed by atoms with Crippen LogP contribution in [0.4, 0.5) is 10.5 Å². The number of amides is 7. The number of imide groups is 2. The Bertz CT molecular complexity index is 2630.